The van der Waals surface area contributed by atoms with Crippen molar-refractivity contribution in [2.75, 3.05) is 37.7 Å². The van der Waals surface area contributed by atoms with Crippen molar-refractivity contribution in [2.24, 2.45) is 0 Å². The molecule has 2 atom stereocenters. The molecule has 3 saturated heterocycles. The number of halogens is 3. The van der Waals surface area contributed by atoms with E-state index < -0.39 is 23.3 Å². The molecule has 1 N–H and O–H groups in total. The minimum Gasteiger partial charge on any atom is -0.508 e. The molecule has 2 aromatic heterocycles. The number of pyridine rings is 2. The summed E-state index contributed by atoms with van der Waals surface area (Å²) in [6.45, 7) is 2.84. The van der Waals surface area contributed by atoms with E-state index in [-0.39, 0.29) is 29.2 Å². The highest BCUT2D eigenvalue weighted by Gasteiger charge is 2.49. The van der Waals surface area contributed by atoms with Gasteiger partial charge in [0.05, 0.1) is 16.8 Å². The van der Waals surface area contributed by atoms with E-state index in [0.717, 1.165) is 38.9 Å². The average Bonchev–Trinajstić information content (AvgIpc) is 3.42. The number of phenols is 1. The molecule has 3 fully saturated rings. The SMILES string of the molecule is C#Cc1c(F)ccc2cc(O)cc(-c3cc4c(F)c(OC[C@@]56CCCN5C[C@H](F)C6)ncc4c(N4CCC4)n3)c12. The van der Waals surface area contributed by atoms with E-state index in [1.54, 1.807) is 18.3 Å². The fourth-order valence-electron chi connectivity index (χ4n) is 6.57. The van der Waals surface area contributed by atoms with Crippen LogP contribution in [0, 0.1) is 24.0 Å². The molecule has 3 aliphatic heterocycles. The van der Waals surface area contributed by atoms with Crippen molar-refractivity contribution in [3.8, 4) is 35.2 Å². The number of phenolic OH excluding ortho intramolecular Hbond substituents is 1. The van der Waals surface area contributed by atoms with Crippen LogP contribution in [0.15, 0.2) is 36.5 Å². The number of anilines is 1. The Hall–Kier alpha value is -4.03. The predicted octanol–water partition coefficient (Wildman–Crippen LogP) is 5.58. The summed E-state index contributed by atoms with van der Waals surface area (Å²) in [4.78, 5) is 13.3. The van der Waals surface area contributed by atoms with Crippen molar-refractivity contribution >= 4 is 27.4 Å². The highest BCUT2D eigenvalue weighted by molar-refractivity contribution is 6.04. The van der Waals surface area contributed by atoms with Crippen LogP contribution in [0.2, 0.25) is 0 Å². The first kappa shape index (κ1) is 25.0. The zero-order chi connectivity index (χ0) is 27.6. The lowest BCUT2D eigenvalue weighted by atomic mass is 9.95. The minimum absolute atomic E-state index is 0.0437. The summed E-state index contributed by atoms with van der Waals surface area (Å²) in [7, 11) is 0. The zero-order valence-electron chi connectivity index (χ0n) is 21.8. The van der Waals surface area contributed by atoms with Crippen LogP contribution in [0.25, 0.3) is 32.8 Å². The van der Waals surface area contributed by atoms with Gasteiger partial charge in [-0.25, -0.2) is 23.1 Å². The first-order valence-corrected chi connectivity index (χ1v) is 13.6. The Morgan fingerprint density at radius 2 is 1.98 bits per heavy atom. The van der Waals surface area contributed by atoms with E-state index in [2.05, 4.69) is 15.8 Å². The normalized spacial score (nSPS) is 22.4. The number of hydrogen-bond acceptors (Lipinski definition) is 6. The second-order valence-corrected chi connectivity index (χ2v) is 11.0. The first-order chi connectivity index (χ1) is 19.4. The van der Waals surface area contributed by atoms with Crippen LogP contribution >= 0.6 is 0 Å². The maximum absolute atomic E-state index is 16.2. The molecule has 2 aromatic carbocycles. The lowest BCUT2D eigenvalue weighted by Gasteiger charge is -2.33. The molecule has 0 spiro atoms. The highest BCUT2D eigenvalue weighted by Crippen LogP contribution is 2.42. The number of aromatic hydroxyl groups is 1. The summed E-state index contributed by atoms with van der Waals surface area (Å²) in [6, 6.07) is 7.34. The molecule has 0 saturated carbocycles. The van der Waals surface area contributed by atoms with E-state index in [1.165, 1.54) is 18.2 Å². The van der Waals surface area contributed by atoms with Crippen LogP contribution in [0.5, 0.6) is 11.6 Å². The summed E-state index contributed by atoms with van der Waals surface area (Å²) in [5.74, 6) is 1.55. The van der Waals surface area contributed by atoms with Gasteiger partial charge in [0.2, 0.25) is 0 Å². The van der Waals surface area contributed by atoms with E-state index in [0.29, 0.717) is 46.2 Å². The number of terminal acetylenes is 1. The largest absolute Gasteiger partial charge is 0.508 e. The van der Waals surface area contributed by atoms with E-state index in [1.807, 2.05) is 4.90 Å². The third-order valence-electron chi connectivity index (χ3n) is 8.64. The molecule has 0 radical (unpaired) electrons. The lowest BCUT2D eigenvalue weighted by Crippen LogP contribution is -2.43. The molecule has 4 aromatic rings. The quantitative estimate of drug-likeness (QED) is 0.331. The van der Waals surface area contributed by atoms with Gasteiger partial charge in [-0.05, 0) is 55.5 Å². The number of hydrogen-bond donors (Lipinski definition) is 1. The van der Waals surface area contributed by atoms with Crippen molar-refractivity contribution in [1.29, 1.82) is 0 Å². The molecule has 6 nitrogen and oxygen atoms in total. The predicted molar refractivity (Wildman–Crippen MR) is 147 cm³/mol. The van der Waals surface area contributed by atoms with Crippen LogP contribution in [0.1, 0.15) is 31.2 Å². The van der Waals surface area contributed by atoms with Gasteiger partial charge in [-0.1, -0.05) is 12.0 Å². The van der Waals surface area contributed by atoms with Gasteiger partial charge >= 0.3 is 0 Å². The number of ether oxygens (including phenoxy) is 1. The molecule has 7 rings (SSSR count). The van der Waals surface area contributed by atoms with Crippen LogP contribution in [-0.4, -0.2) is 64.5 Å². The maximum atomic E-state index is 16.2. The number of rotatable bonds is 5. The van der Waals surface area contributed by atoms with Crippen molar-refractivity contribution in [2.45, 2.75) is 37.4 Å². The summed E-state index contributed by atoms with van der Waals surface area (Å²) in [5, 5.41) is 12.2. The van der Waals surface area contributed by atoms with E-state index in [4.69, 9.17) is 16.1 Å². The van der Waals surface area contributed by atoms with Crippen molar-refractivity contribution in [3.63, 3.8) is 0 Å². The monoisotopic (exact) mass is 544 g/mol. The molecule has 5 heterocycles. The molecule has 0 unspecified atom stereocenters. The van der Waals surface area contributed by atoms with Gasteiger partial charge in [-0.2, -0.15) is 0 Å². The molecule has 204 valence electrons. The van der Waals surface area contributed by atoms with E-state index >= 15 is 4.39 Å². The Balaban J connectivity index is 1.37. The zero-order valence-corrected chi connectivity index (χ0v) is 21.8. The maximum Gasteiger partial charge on any atom is 0.251 e. The van der Waals surface area contributed by atoms with Crippen molar-refractivity contribution < 1.29 is 23.0 Å². The fourth-order valence-corrected chi connectivity index (χ4v) is 6.57. The van der Waals surface area contributed by atoms with E-state index in [9.17, 15) is 13.9 Å². The Morgan fingerprint density at radius 3 is 2.75 bits per heavy atom. The standard InChI is InChI=1S/C31H27F3N4O2/c1-2-21-25(33)6-5-18-11-20(39)12-23(27(18)21)26-13-22-24(29(36-26)37-8-4-9-37)15-35-30(28(22)34)40-17-31-7-3-10-38(31)16-19(32)14-31/h1,5-6,11-13,15,19,39H,3-4,7-10,14,16-17H2/t19-,31+/m1/s1. The third-order valence-corrected chi connectivity index (χ3v) is 8.64. The van der Waals surface area contributed by atoms with Gasteiger partial charge in [0.1, 0.15) is 30.2 Å². The van der Waals surface area contributed by atoms with Crippen molar-refractivity contribution in [3.05, 3.63) is 53.7 Å². The molecular weight excluding hydrogens is 517 g/mol. The molecular formula is C31H27F3N4O2. The number of benzene rings is 2. The Kier molecular flexibility index (Phi) is 5.79. The summed E-state index contributed by atoms with van der Waals surface area (Å²) in [6.07, 6.45) is 9.42. The van der Waals surface area contributed by atoms with Gasteiger partial charge in [0, 0.05) is 54.0 Å². The summed E-state index contributed by atoms with van der Waals surface area (Å²) >= 11 is 0. The average molecular weight is 545 g/mol. The topological polar surface area (TPSA) is 61.7 Å². The highest BCUT2D eigenvalue weighted by atomic mass is 19.1. The van der Waals surface area contributed by atoms with Crippen LogP contribution in [0.4, 0.5) is 19.0 Å². The Bertz CT molecular complexity index is 1720. The summed E-state index contributed by atoms with van der Waals surface area (Å²) in [5.41, 5.74) is 0.336. The van der Waals surface area contributed by atoms with Gasteiger partial charge in [-0.15, -0.1) is 6.42 Å². The number of nitrogens with zero attached hydrogens (tertiary/aromatic N) is 4. The smallest absolute Gasteiger partial charge is 0.251 e. The Labute approximate surface area is 229 Å². The second-order valence-electron chi connectivity index (χ2n) is 11.0. The van der Waals surface area contributed by atoms with Crippen LogP contribution in [0.3, 0.4) is 0 Å². The number of fused-ring (bicyclic) bond motifs is 3. The molecule has 9 heteroatoms. The molecule has 0 bridgehead atoms. The minimum atomic E-state index is -0.916. The van der Waals surface area contributed by atoms with Crippen LogP contribution in [-0.2, 0) is 0 Å². The number of alkyl halides is 1. The molecule has 0 amide bonds. The molecule has 3 aliphatic rings. The van der Waals surface area contributed by atoms with Gasteiger partial charge in [-0.3, -0.25) is 4.90 Å². The summed E-state index contributed by atoms with van der Waals surface area (Å²) < 4.78 is 51.1. The van der Waals surface area contributed by atoms with Crippen molar-refractivity contribution in [1.82, 2.24) is 14.9 Å². The third kappa shape index (κ3) is 3.85. The second kappa shape index (κ2) is 9.27. The lowest BCUT2D eigenvalue weighted by molar-refractivity contribution is 0.108. The first-order valence-electron chi connectivity index (χ1n) is 13.6. The van der Waals surface area contributed by atoms with Gasteiger partial charge in [0.25, 0.3) is 5.88 Å². The molecule has 40 heavy (non-hydrogen) atoms. The van der Waals surface area contributed by atoms with Crippen LogP contribution < -0.4 is 9.64 Å². The fraction of sp³-hybridized carbons (Fsp3) is 0.355. The van der Waals surface area contributed by atoms with Gasteiger partial charge < -0.3 is 14.7 Å². The Morgan fingerprint density at radius 1 is 1.12 bits per heavy atom. The number of aromatic nitrogens is 2. The van der Waals surface area contributed by atoms with Gasteiger partial charge in [0.15, 0.2) is 5.82 Å². The molecule has 0 aliphatic carbocycles.